The molecule has 0 aromatic heterocycles. The number of nitrogens with one attached hydrogen (secondary N) is 1. The second-order valence-electron chi connectivity index (χ2n) is 3.40. The standard InChI is InChI=1S/C6H8N2.C6H7NO2S/c7-5-1-2-6(8)4-3-5;8-10(9)7-6-4-2-1-3-5-6/h1-4H,7-8H2;1-5,10H,(H,7,8,9). The topological polar surface area (TPSA) is 98.2 Å². The van der Waals surface area contributed by atoms with Gasteiger partial charge in [0.05, 0.1) is 0 Å². The average Bonchev–Trinajstić information content (AvgIpc) is 2.34. The molecular formula is C12H15N3O2S. The Morgan fingerprint density at radius 3 is 1.61 bits per heavy atom. The zero-order valence-electron chi connectivity index (χ0n) is 9.61. The first-order valence-electron chi connectivity index (χ1n) is 5.15. The van der Waals surface area contributed by atoms with Gasteiger partial charge >= 0.3 is 0 Å². The number of nitrogen functional groups attached to an aromatic ring is 2. The van der Waals surface area contributed by atoms with Crippen LogP contribution >= 0.6 is 0 Å². The number of thiol groups is 1. The highest BCUT2D eigenvalue weighted by atomic mass is 32.2. The fraction of sp³-hybridized carbons (Fsp3) is 0. The van der Waals surface area contributed by atoms with Crippen molar-refractivity contribution in [2.75, 3.05) is 16.2 Å². The van der Waals surface area contributed by atoms with Crippen molar-refractivity contribution in [1.29, 1.82) is 0 Å². The van der Waals surface area contributed by atoms with Crippen molar-refractivity contribution < 1.29 is 8.42 Å². The quantitative estimate of drug-likeness (QED) is 0.488. The predicted molar refractivity (Wildman–Crippen MR) is 75.6 cm³/mol. The Hall–Kier alpha value is -2.21. The highest BCUT2D eigenvalue weighted by Gasteiger charge is 1.85. The van der Waals surface area contributed by atoms with Crippen molar-refractivity contribution in [3.63, 3.8) is 0 Å². The fourth-order valence-electron chi connectivity index (χ4n) is 1.11. The molecule has 96 valence electrons. The van der Waals surface area contributed by atoms with E-state index in [1.165, 1.54) is 0 Å². The molecular weight excluding hydrogens is 250 g/mol. The molecule has 5 N–H and O–H groups in total. The van der Waals surface area contributed by atoms with Gasteiger partial charge in [-0.2, -0.15) is 0 Å². The van der Waals surface area contributed by atoms with Crippen LogP contribution in [0.1, 0.15) is 0 Å². The van der Waals surface area contributed by atoms with Crippen LogP contribution in [0.25, 0.3) is 0 Å². The first kappa shape index (κ1) is 13.9. The summed E-state index contributed by atoms with van der Waals surface area (Å²) in [5.41, 5.74) is 12.8. The smallest absolute Gasteiger partial charge is 0.222 e. The lowest BCUT2D eigenvalue weighted by molar-refractivity contribution is 0.619. The van der Waals surface area contributed by atoms with Crippen molar-refractivity contribution in [1.82, 2.24) is 0 Å². The summed E-state index contributed by atoms with van der Waals surface area (Å²) in [5, 5.41) is 0. The van der Waals surface area contributed by atoms with Crippen LogP contribution in [0.2, 0.25) is 0 Å². The lowest BCUT2D eigenvalue weighted by atomic mass is 10.3. The van der Waals surface area contributed by atoms with Gasteiger partial charge in [0.25, 0.3) is 0 Å². The minimum Gasteiger partial charge on any atom is -0.399 e. The lowest BCUT2D eigenvalue weighted by Gasteiger charge is -1.94. The number of anilines is 3. The second-order valence-corrected chi connectivity index (χ2v) is 4.14. The van der Waals surface area contributed by atoms with E-state index >= 15 is 0 Å². The third kappa shape index (κ3) is 5.76. The van der Waals surface area contributed by atoms with E-state index in [0.29, 0.717) is 5.69 Å². The van der Waals surface area contributed by atoms with E-state index in [4.69, 9.17) is 11.5 Å². The monoisotopic (exact) mass is 265 g/mol. The van der Waals surface area contributed by atoms with Crippen LogP contribution in [0.5, 0.6) is 0 Å². The molecule has 0 atom stereocenters. The summed E-state index contributed by atoms with van der Waals surface area (Å²) in [7, 11) is -2.53. The Kier molecular flexibility index (Phi) is 5.53. The number of para-hydroxylation sites is 1. The van der Waals surface area contributed by atoms with Crippen LogP contribution in [0.15, 0.2) is 54.6 Å². The maximum atomic E-state index is 10.1. The van der Waals surface area contributed by atoms with Crippen molar-refractivity contribution in [3.05, 3.63) is 54.6 Å². The summed E-state index contributed by atoms with van der Waals surface area (Å²) in [6.45, 7) is 0. The molecule has 6 heteroatoms. The van der Waals surface area contributed by atoms with E-state index in [0.717, 1.165) is 11.4 Å². The van der Waals surface area contributed by atoms with E-state index in [1.54, 1.807) is 48.5 Å². The Balaban J connectivity index is 0.000000184. The van der Waals surface area contributed by atoms with Crippen molar-refractivity contribution in [2.45, 2.75) is 0 Å². The molecule has 0 saturated carbocycles. The van der Waals surface area contributed by atoms with Crippen molar-refractivity contribution in [2.24, 2.45) is 0 Å². The first-order valence-corrected chi connectivity index (χ1v) is 6.33. The molecule has 2 aromatic rings. The largest absolute Gasteiger partial charge is 0.399 e. The number of hydrogen-bond acceptors (Lipinski definition) is 4. The molecule has 0 aliphatic heterocycles. The molecule has 0 fully saturated rings. The van der Waals surface area contributed by atoms with Gasteiger partial charge in [-0.25, -0.2) is 8.42 Å². The van der Waals surface area contributed by atoms with Gasteiger partial charge in [0.1, 0.15) is 0 Å². The molecule has 0 heterocycles. The minimum absolute atomic E-state index is 0.596. The molecule has 0 saturated heterocycles. The van der Waals surface area contributed by atoms with Crippen LogP contribution in [-0.2, 0) is 10.9 Å². The second kappa shape index (κ2) is 7.18. The maximum absolute atomic E-state index is 10.1. The Morgan fingerprint density at radius 1 is 0.778 bits per heavy atom. The highest BCUT2D eigenvalue weighted by molar-refractivity contribution is 7.73. The fourth-order valence-corrected chi connectivity index (χ4v) is 1.47. The molecule has 2 aromatic carbocycles. The number of hydrogen-bond donors (Lipinski definition) is 4. The summed E-state index contributed by atoms with van der Waals surface area (Å²) in [6, 6.07) is 15.8. The van der Waals surface area contributed by atoms with Crippen LogP contribution in [0.3, 0.4) is 0 Å². The third-order valence-electron chi connectivity index (χ3n) is 1.93. The molecule has 2 rings (SSSR count). The van der Waals surface area contributed by atoms with Crippen molar-refractivity contribution in [3.8, 4) is 0 Å². The Morgan fingerprint density at radius 2 is 1.22 bits per heavy atom. The maximum Gasteiger partial charge on any atom is 0.222 e. The molecule has 0 unspecified atom stereocenters. The Bertz CT molecular complexity index is 510. The molecule has 0 aliphatic carbocycles. The zero-order chi connectivity index (χ0) is 13.4. The number of nitrogens with two attached hydrogens (primary N) is 2. The van der Waals surface area contributed by atoms with Crippen LogP contribution in [0.4, 0.5) is 17.1 Å². The van der Waals surface area contributed by atoms with E-state index in [-0.39, 0.29) is 0 Å². The summed E-state index contributed by atoms with van der Waals surface area (Å²) >= 11 is 0. The van der Waals surface area contributed by atoms with E-state index in [9.17, 15) is 8.42 Å². The van der Waals surface area contributed by atoms with Gasteiger partial charge in [0.2, 0.25) is 10.9 Å². The SMILES string of the molecule is Nc1ccc(N)cc1.O=[SH](=O)Nc1ccccc1. The van der Waals surface area contributed by atoms with E-state index in [2.05, 4.69) is 4.72 Å². The van der Waals surface area contributed by atoms with Gasteiger partial charge in [-0.3, -0.25) is 4.72 Å². The molecule has 0 aliphatic rings. The minimum atomic E-state index is -2.53. The molecule has 0 amide bonds. The van der Waals surface area contributed by atoms with Gasteiger partial charge in [0.15, 0.2) is 0 Å². The van der Waals surface area contributed by atoms with Gasteiger partial charge in [-0.15, -0.1) is 0 Å². The average molecular weight is 265 g/mol. The van der Waals surface area contributed by atoms with E-state index < -0.39 is 10.9 Å². The van der Waals surface area contributed by atoms with Crippen LogP contribution in [0, 0.1) is 0 Å². The van der Waals surface area contributed by atoms with Crippen LogP contribution in [-0.4, -0.2) is 8.42 Å². The van der Waals surface area contributed by atoms with Gasteiger partial charge < -0.3 is 11.5 Å². The number of benzene rings is 2. The highest BCUT2D eigenvalue weighted by Crippen LogP contribution is 2.05. The van der Waals surface area contributed by atoms with Gasteiger partial charge in [-0.1, -0.05) is 18.2 Å². The summed E-state index contributed by atoms with van der Waals surface area (Å²) < 4.78 is 22.4. The van der Waals surface area contributed by atoms with Gasteiger partial charge in [-0.05, 0) is 36.4 Å². The summed E-state index contributed by atoms with van der Waals surface area (Å²) in [6.07, 6.45) is 0. The predicted octanol–water partition coefficient (Wildman–Crippen LogP) is 1.48. The summed E-state index contributed by atoms with van der Waals surface area (Å²) in [5.74, 6) is 0. The molecule has 0 radical (unpaired) electrons. The zero-order valence-corrected chi connectivity index (χ0v) is 10.5. The van der Waals surface area contributed by atoms with Gasteiger partial charge in [0, 0.05) is 17.1 Å². The summed E-state index contributed by atoms with van der Waals surface area (Å²) in [4.78, 5) is 0. The molecule has 0 bridgehead atoms. The first-order chi connectivity index (χ1) is 8.58. The Labute approximate surface area is 108 Å². The molecule has 5 nitrogen and oxygen atoms in total. The molecule has 0 spiro atoms. The normalized spacial score (nSPS) is 9.39. The molecule has 18 heavy (non-hydrogen) atoms. The number of rotatable bonds is 2. The lowest BCUT2D eigenvalue weighted by Crippen LogP contribution is -1.93. The van der Waals surface area contributed by atoms with E-state index in [1.807, 2.05) is 6.07 Å². The third-order valence-corrected chi connectivity index (χ3v) is 2.37. The van der Waals surface area contributed by atoms with Crippen LogP contribution < -0.4 is 16.2 Å². The van der Waals surface area contributed by atoms with Crippen molar-refractivity contribution >= 4 is 28.0 Å².